The molecule has 0 radical (unpaired) electrons. The molecule has 0 bridgehead atoms. The molecule has 0 fully saturated rings. The van der Waals surface area contributed by atoms with Gasteiger partial charge in [-0.15, -0.1) is 11.3 Å². The van der Waals surface area contributed by atoms with E-state index in [-0.39, 0.29) is 12.5 Å². The summed E-state index contributed by atoms with van der Waals surface area (Å²) in [6.07, 6.45) is 1.47. The number of nitrogens with one attached hydrogen (secondary N) is 1. The van der Waals surface area contributed by atoms with E-state index >= 15 is 0 Å². The van der Waals surface area contributed by atoms with Gasteiger partial charge in [-0.3, -0.25) is 4.79 Å². The molecule has 2 aromatic carbocycles. The molecule has 2 aromatic heterocycles. The molecule has 4 rings (SSSR count). The van der Waals surface area contributed by atoms with Crippen LogP contribution in [0.4, 0.5) is 0 Å². The fourth-order valence-electron chi connectivity index (χ4n) is 2.88. The quantitative estimate of drug-likeness (QED) is 0.532. The molecule has 0 saturated carbocycles. The fourth-order valence-corrected chi connectivity index (χ4v) is 3.79. The summed E-state index contributed by atoms with van der Waals surface area (Å²) in [5.74, 6) is 0.236. The maximum absolute atomic E-state index is 12.2. The minimum absolute atomic E-state index is 0.0951. The van der Waals surface area contributed by atoms with Gasteiger partial charge in [0.2, 0.25) is 5.88 Å². The van der Waals surface area contributed by atoms with Gasteiger partial charge in [-0.25, -0.2) is 9.97 Å². The molecular weight excluding hydrogens is 370 g/mol. The van der Waals surface area contributed by atoms with Crippen LogP contribution in [0.1, 0.15) is 11.1 Å². The summed E-state index contributed by atoms with van der Waals surface area (Å²) in [6, 6.07) is 18.0. The van der Waals surface area contributed by atoms with Gasteiger partial charge < -0.3 is 10.1 Å². The minimum atomic E-state index is -0.192. The highest BCUT2D eigenvalue weighted by molar-refractivity contribution is 7.17. The molecule has 0 aliphatic rings. The maximum Gasteiger partial charge on any atom is 0.258 e. The summed E-state index contributed by atoms with van der Waals surface area (Å²) in [7, 11) is 0. The van der Waals surface area contributed by atoms with E-state index in [2.05, 4.69) is 46.5 Å². The number of aromatic nitrogens is 2. The van der Waals surface area contributed by atoms with Crippen molar-refractivity contribution in [3.05, 3.63) is 77.4 Å². The molecule has 0 aliphatic carbocycles. The summed E-state index contributed by atoms with van der Waals surface area (Å²) in [4.78, 5) is 21.6. The normalized spacial score (nSPS) is 10.8. The molecule has 28 heavy (non-hydrogen) atoms. The molecule has 4 aromatic rings. The number of hydrogen-bond acceptors (Lipinski definition) is 5. The minimum Gasteiger partial charge on any atom is -0.467 e. The Morgan fingerprint density at radius 2 is 1.86 bits per heavy atom. The third-order valence-corrected chi connectivity index (χ3v) is 5.26. The van der Waals surface area contributed by atoms with E-state index in [1.54, 1.807) is 0 Å². The van der Waals surface area contributed by atoms with Crippen molar-refractivity contribution in [3.8, 4) is 17.0 Å². The number of nitrogens with zero attached hydrogens (tertiary/aromatic N) is 2. The van der Waals surface area contributed by atoms with E-state index in [1.165, 1.54) is 23.2 Å². The number of fused-ring (bicyclic) bond motifs is 1. The van der Waals surface area contributed by atoms with Crippen molar-refractivity contribution in [2.45, 2.75) is 13.5 Å². The standard InChI is InChI=1S/C22H19N3O2S/c1-15-7-9-17(10-8-15)18-13-28-22-20(18)21(24-14-25-22)27-12-19(26)23-11-16-5-3-2-4-6-16/h2-10,13-14H,11-12H2,1H3,(H,23,26). The van der Waals surface area contributed by atoms with E-state index in [9.17, 15) is 4.79 Å². The van der Waals surface area contributed by atoms with Gasteiger partial charge in [0.1, 0.15) is 11.2 Å². The first-order valence-electron chi connectivity index (χ1n) is 8.93. The van der Waals surface area contributed by atoms with Gasteiger partial charge in [-0.1, -0.05) is 60.2 Å². The first-order chi connectivity index (χ1) is 13.7. The Morgan fingerprint density at radius 1 is 1.07 bits per heavy atom. The van der Waals surface area contributed by atoms with Crippen molar-refractivity contribution < 1.29 is 9.53 Å². The Balaban J connectivity index is 1.50. The molecule has 0 unspecified atom stereocenters. The third-order valence-electron chi connectivity index (χ3n) is 4.37. The molecule has 5 nitrogen and oxygen atoms in total. The average molecular weight is 389 g/mol. The number of hydrogen-bond donors (Lipinski definition) is 1. The summed E-state index contributed by atoms with van der Waals surface area (Å²) < 4.78 is 5.76. The summed E-state index contributed by atoms with van der Waals surface area (Å²) in [5.41, 5.74) is 4.33. The molecule has 2 heterocycles. The second-order valence-electron chi connectivity index (χ2n) is 6.43. The van der Waals surface area contributed by atoms with E-state index in [0.29, 0.717) is 12.4 Å². The molecule has 0 atom stereocenters. The van der Waals surface area contributed by atoms with Crippen molar-refractivity contribution in [2.75, 3.05) is 6.61 Å². The SMILES string of the molecule is Cc1ccc(-c2csc3ncnc(OCC(=O)NCc4ccccc4)c23)cc1. The fraction of sp³-hybridized carbons (Fsp3) is 0.136. The number of benzene rings is 2. The van der Waals surface area contributed by atoms with E-state index < -0.39 is 0 Å². The van der Waals surface area contributed by atoms with E-state index in [1.807, 2.05) is 35.7 Å². The van der Waals surface area contributed by atoms with Crippen LogP contribution in [0.5, 0.6) is 5.88 Å². The third kappa shape index (κ3) is 4.02. The van der Waals surface area contributed by atoms with Crippen LogP contribution in [0.3, 0.4) is 0 Å². The van der Waals surface area contributed by atoms with Gasteiger partial charge in [-0.2, -0.15) is 0 Å². The Morgan fingerprint density at radius 3 is 2.64 bits per heavy atom. The van der Waals surface area contributed by atoms with Gasteiger partial charge in [-0.05, 0) is 18.1 Å². The Hall–Kier alpha value is -3.25. The molecule has 0 spiro atoms. The van der Waals surface area contributed by atoms with Crippen molar-refractivity contribution in [3.63, 3.8) is 0 Å². The molecule has 6 heteroatoms. The number of carbonyl (C=O) groups excluding carboxylic acids is 1. The number of amides is 1. The number of carbonyl (C=O) groups is 1. The van der Waals surface area contributed by atoms with Crippen LogP contribution < -0.4 is 10.1 Å². The van der Waals surface area contributed by atoms with Crippen molar-refractivity contribution >= 4 is 27.5 Å². The van der Waals surface area contributed by atoms with Crippen LogP contribution in [0, 0.1) is 6.92 Å². The highest BCUT2D eigenvalue weighted by Crippen LogP contribution is 2.37. The number of thiophene rings is 1. The largest absolute Gasteiger partial charge is 0.467 e. The lowest BCUT2D eigenvalue weighted by Crippen LogP contribution is -2.28. The summed E-state index contributed by atoms with van der Waals surface area (Å²) >= 11 is 1.54. The highest BCUT2D eigenvalue weighted by atomic mass is 32.1. The van der Waals surface area contributed by atoms with Crippen LogP contribution in [0.15, 0.2) is 66.3 Å². The molecule has 1 amide bonds. The zero-order chi connectivity index (χ0) is 19.3. The zero-order valence-corrected chi connectivity index (χ0v) is 16.2. The highest BCUT2D eigenvalue weighted by Gasteiger charge is 2.15. The Bertz CT molecular complexity index is 1090. The van der Waals surface area contributed by atoms with Crippen LogP contribution >= 0.6 is 11.3 Å². The lowest BCUT2D eigenvalue weighted by atomic mass is 10.0. The van der Waals surface area contributed by atoms with Gasteiger partial charge in [0.25, 0.3) is 5.91 Å². The Kier molecular flexibility index (Phi) is 5.30. The predicted octanol–water partition coefficient (Wildman–Crippen LogP) is 4.36. The lowest BCUT2D eigenvalue weighted by molar-refractivity contribution is -0.123. The van der Waals surface area contributed by atoms with Crippen LogP contribution in [-0.4, -0.2) is 22.5 Å². The molecule has 140 valence electrons. The van der Waals surface area contributed by atoms with Crippen molar-refractivity contribution in [1.82, 2.24) is 15.3 Å². The second-order valence-corrected chi connectivity index (χ2v) is 7.28. The number of ether oxygens (including phenoxy) is 1. The molecule has 1 N–H and O–H groups in total. The summed E-state index contributed by atoms with van der Waals surface area (Å²) in [5, 5.41) is 5.75. The van der Waals surface area contributed by atoms with Crippen LogP contribution in [0.25, 0.3) is 21.3 Å². The maximum atomic E-state index is 12.2. The summed E-state index contributed by atoms with van der Waals surface area (Å²) in [6.45, 7) is 2.43. The second kappa shape index (κ2) is 8.19. The first kappa shape index (κ1) is 18.1. The van der Waals surface area contributed by atoms with Crippen molar-refractivity contribution in [1.29, 1.82) is 0 Å². The van der Waals surface area contributed by atoms with Gasteiger partial charge >= 0.3 is 0 Å². The monoisotopic (exact) mass is 389 g/mol. The van der Waals surface area contributed by atoms with Crippen LogP contribution in [0.2, 0.25) is 0 Å². The van der Waals surface area contributed by atoms with E-state index in [4.69, 9.17) is 4.74 Å². The molecular formula is C22H19N3O2S. The van der Waals surface area contributed by atoms with E-state index in [0.717, 1.165) is 26.9 Å². The predicted molar refractivity (Wildman–Crippen MR) is 111 cm³/mol. The lowest BCUT2D eigenvalue weighted by Gasteiger charge is -2.09. The van der Waals surface area contributed by atoms with Crippen LogP contribution in [-0.2, 0) is 11.3 Å². The molecule has 0 aliphatic heterocycles. The number of rotatable bonds is 6. The zero-order valence-electron chi connectivity index (χ0n) is 15.4. The Labute approximate surface area is 167 Å². The van der Waals surface area contributed by atoms with Gasteiger partial charge in [0.05, 0.1) is 5.39 Å². The van der Waals surface area contributed by atoms with Gasteiger partial charge in [0.15, 0.2) is 6.61 Å². The first-order valence-corrected chi connectivity index (χ1v) is 9.81. The topological polar surface area (TPSA) is 64.1 Å². The van der Waals surface area contributed by atoms with Gasteiger partial charge in [0, 0.05) is 17.5 Å². The smallest absolute Gasteiger partial charge is 0.258 e. The number of aryl methyl sites for hydroxylation is 1. The molecule has 0 saturated heterocycles. The van der Waals surface area contributed by atoms with Crippen molar-refractivity contribution in [2.24, 2.45) is 0 Å². The average Bonchev–Trinajstić information content (AvgIpc) is 3.17.